The summed E-state index contributed by atoms with van der Waals surface area (Å²) in [4.78, 5) is 13.8. The average molecular weight is 300 g/mol. The monoisotopic (exact) mass is 300 g/mol. The molecule has 0 unspecified atom stereocenters. The van der Waals surface area contributed by atoms with E-state index in [1.807, 2.05) is 61.6 Å². The fraction of sp³-hybridized carbons (Fsp3) is 0.235. The van der Waals surface area contributed by atoms with Crippen LogP contribution in [0.3, 0.4) is 0 Å². The van der Waals surface area contributed by atoms with Crippen molar-refractivity contribution in [3.05, 3.63) is 65.7 Å². The lowest BCUT2D eigenvalue weighted by Crippen LogP contribution is -2.27. The number of nitrogens with two attached hydrogens (primary N) is 1. The number of carbonyl (C=O) groups is 1. The first kappa shape index (κ1) is 15.4. The van der Waals surface area contributed by atoms with E-state index in [2.05, 4.69) is 0 Å². The lowest BCUT2D eigenvalue weighted by atomic mass is 10.2. The van der Waals surface area contributed by atoms with Crippen molar-refractivity contribution in [2.75, 3.05) is 18.5 Å². The van der Waals surface area contributed by atoms with Crippen LogP contribution in [0.2, 0.25) is 0 Å². The van der Waals surface area contributed by atoms with E-state index in [-0.39, 0.29) is 5.91 Å². The fourth-order valence-corrected chi connectivity index (χ4v) is 2.85. The number of amides is 1. The standard InChI is InChI=1S/C17H20N2OS/c1-19(11-14-5-3-2-4-6-14)17(20)13-21-12-15-7-9-16(18)10-8-15/h2-10H,11-13,18H2,1H3. The number of hydrogen-bond donors (Lipinski definition) is 1. The molecule has 0 aliphatic rings. The molecule has 1 amide bonds. The second-order valence-corrected chi connectivity index (χ2v) is 5.96. The van der Waals surface area contributed by atoms with Gasteiger partial charge in [0.25, 0.3) is 0 Å². The second-order valence-electron chi connectivity index (χ2n) is 4.97. The molecule has 21 heavy (non-hydrogen) atoms. The topological polar surface area (TPSA) is 46.3 Å². The first-order valence-corrected chi connectivity index (χ1v) is 8.00. The quantitative estimate of drug-likeness (QED) is 0.834. The molecule has 2 N–H and O–H groups in total. The smallest absolute Gasteiger partial charge is 0.232 e. The maximum atomic E-state index is 12.1. The molecule has 0 radical (unpaired) electrons. The minimum Gasteiger partial charge on any atom is -0.399 e. The fourth-order valence-electron chi connectivity index (χ4n) is 1.93. The third kappa shape index (κ3) is 5.16. The molecule has 0 saturated heterocycles. The van der Waals surface area contributed by atoms with Crippen LogP contribution in [0.15, 0.2) is 54.6 Å². The lowest BCUT2D eigenvalue weighted by molar-refractivity contribution is -0.127. The molecular weight excluding hydrogens is 280 g/mol. The van der Waals surface area contributed by atoms with Crippen LogP contribution in [0, 0.1) is 0 Å². The van der Waals surface area contributed by atoms with Crippen molar-refractivity contribution in [3.63, 3.8) is 0 Å². The summed E-state index contributed by atoms with van der Waals surface area (Å²) >= 11 is 1.63. The highest BCUT2D eigenvalue weighted by atomic mass is 32.2. The van der Waals surface area contributed by atoms with Gasteiger partial charge in [0.15, 0.2) is 0 Å². The number of benzene rings is 2. The van der Waals surface area contributed by atoms with Crippen molar-refractivity contribution in [3.8, 4) is 0 Å². The van der Waals surface area contributed by atoms with E-state index in [1.54, 1.807) is 16.7 Å². The molecule has 2 rings (SSSR count). The molecule has 4 heteroatoms. The van der Waals surface area contributed by atoms with Gasteiger partial charge in [-0.2, -0.15) is 0 Å². The Bertz CT molecular complexity index is 569. The van der Waals surface area contributed by atoms with E-state index in [4.69, 9.17) is 5.73 Å². The summed E-state index contributed by atoms with van der Waals surface area (Å²) < 4.78 is 0. The first-order valence-electron chi connectivity index (χ1n) is 6.85. The van der Waals surface area contributed by atoms with Crippen molar-refractivity contribution >= 4 is 23.4 Å². The zero-order chi connectivity index (χ0) is 15.1. The summed E-state index contributed by atoms with van der Waals surface area (Å²) in [7, 11) is 1.85. The molecule has 0 fully saturated rings. The summed E-state index contributed by atoms with van der Waals surface area (Å²) in [6, 6.07) is 17.8. The molecule has 0 aliphatic heterocycles. The minimum absolute atomic E-state index is 0.152. The highest BCUT2D eigenvalue weighted by molar-refractivity contribution is 7.99. The van der Waals surface area contributed by atoms with Gasteiger partial charge in [0.2, 0.25) is 5.91 Å². The number of rotatable bonds is 6. The van der Waals surface area contributed by atoms with Gasteiger partial charge in [-0.05, 0) is 23.3 Å². The van der Waals surface area contributed by atoms with Gasteiger partial charge in [0, 0.05) is 25.0 Å². The van der Waals surface area contributed by atoms with Crippen LogP contribution >= 0.6 is 11.8 Å². The Morgan fingerprint density at radius 1 is 1.05 bits per heavy atom. The van der Waals surface area contributed by atoms with Gasteiger partial charge in [-0.3, -0.25) is 4.79 Å². The Labute approximate surface area is 130 Å². The number of nitrogen functional groups attached to an aromatic ring is 1. The minimum atomic E-state index is 0.152. The summed E-state index contributed by atoms with van der Waals surface area (Å²) in [6.07, 6.45) is 0. The van der Waals surface area contributed by atoms with Gasteiger partial charge >= 0.3 is 0 Å². The molecular formula is C17H20N2OS. The SMILES string of the molecule is CN(Cc1ccccc1)C(=O)CSCc1ccc(N)cc1. The average Bonchev–Trinajstić information content (AvgIpc) is 2.50. The number of hydrogen-bond acceptors (Lipinski definition) is 3. The van der Waals surface area contributed by atoms with Crippen LogP contribution in [0.5, 0.6) is 0 Å². The zero-order valence-electron chi connectivity index (χ0n) is 12.2. The van der Waals surface area contributed by atoms with Crippen molar-refractivity contribution in [1.82, 2.24) is 4.90 Å². The maximum Gasteiger partial charge on any atom is 0.232 e. The van der Waals surface area contributed by atoms with E-state index < -0.39 is 0 Å². The number of anilines is 1. The third-order valence-corrected chi connectivity index (χ3v) is 4.15. The predicted octanol–water partition coefficient (Wildman–Crippen LogP) is 3.16. The molecule has 0 aromatic heterocycles. The van der Waals surface area contributed by atoms with Crippen molar-refractivity contribution in [2.24, 2.45) is 0 Å². The van der Waals surface area contributed by atoms with Gasteiger partial charge in [-0.25, -0.2) is 0 Å². The molecule has 3 nitrogen and oxygen atoms in total. The molecule has 2 aromatic rings. The molecule has 0 saturated carbocycles. The summed E-state index contributed by atoms with van der Waals surface area (Å²) in [5.74, 6) is 1.47. The van der Waals surface area contributed by atoms with Crippen LogP contribution in [0.4, 0.5) is 5.69 Å². The zero-order valence-corrected chi connectivity index (χ0v) is 13.0. The van der Waals surface area contributed by atoms with Gasteiger partial charge in [0.1, 0.15) is 0 Å². The van der Waals surface area contributed by atoms with Crippen LogP contribution < -0.4 is 5.73 Å². The number of carbonyl (C=O) groups excluding carboxylic acids is 1. The molecule has 0 heterocycles. The molecule has 0 spiro atoms. The summed E-state index contributed by atoms with van der Waals surface area (Å²) in [6.45, 7) is 0.655. The van der Waals surface area contributed by atoms with Crippen molar-refractivity contribution < 1.29 is 4.79 Å². The van der Waals surface area contributed by atoms with Crippen LogP contribution in [-0.2, 0) is 17.1 Å². The lowest BCUT2D eigenvalue weighted by Gasteiger charge is -2.17. The van der Waals surface area contributed by atoms with Crippen LogP contribution in [0.25, 0.3) is 0 Å². The molecule has 0 atom stereocenters. The summed E-state index contributed by atoms with van der Waals surface area (Å²) in [5, 5.41) is 0. The number of thioether (sulfide) groups is 1. The maximum absolute atomic E-state index is 12.1. The van der Waals surface area contributed by atoms with Gasteiger partial charge in [0.05, 0.1) is 5.75 Å². The third-order valence-electron chi connectivity index (χ3n) is 3.16. The van der Waals surface area contributed by atoms with Crippen molar-refractivity contribution in [2.45, 2.75) is 12.3 Å². The van der Waals surface area contributed by atoms with E-state index in [9.17, 15) is 4.79 Å². The van der Waals surface area contributed by atoms with E-state index in [0.29, 0.717) is 12.3 Å². The van der Waals surface area contributed by atoms with E-state index in [0.717, 1.165) is 17.0 Å². The second kappa shape index (κ2) is 7.74. The first-order chi connectivity index (χ1) is 10.1. The van der Waals surface area contributed by atoms with Crippen LogP contribution in [0.1, 0.15) is 11.1 Å². The Morgan fingerprint density at radius 2 is 1.71 bits per heavy atom. The van der Waals surface area contributed by atoms with E-state index >= 15 is 0 Å². The molecule has 0 bridgehead atoms. The Kier molecular flexibility index (Phi) is 5.69. The number of nitrogens with zero attached hydrogens (tertiary/aromatic N) is 1. The Balaban J connectivity index is 1.75. The molecule has 110 valence electrons. The predicted molar refractivity (Wildman–Crippen MR) is 89.9 cm³/mol. The van der Waals surface area contributed by atoms with Gasteiger partial charge in [-0.15, -0.1) is 11.8 Å². The van der Waals surface area contributed by atoms with Crippen LogP contribution in [-0.4, -0.2) is 23.6 Å². The van der Waals surface area contributed by atoms with Crippen molar-refractivity contribution in [1.29, 1.82) is 0 Å². The molecule has 2 aromatic carbocycles. The van der Waals surface area contributed by atoms with Gasteiger partial charge < -0.3 is 10.6 Å². The Morgan fingerprint density at radius 3 is 2.38 bits per heavy atom. The van der Waals surface area contributed by atoms with Gasteiger partial charge in [-0.1, -0.05) is 42.5 Å². The molecule has 0 aliphatic carbocycles. The highest BCUT2D eigenvalue weighted by Gasteiger charge is 2.09. The summed E-state index contributed by atoms with van der Waals surface area (Å²) in [5.41, 5.74) is 8.75. The largest absolute Gasteiger partial charge is 0.399 e. The highest BCUT2D eigenvalue weighted by Crippen LogP contribution is 2.14. The van der Waals surface area contributed by atoms with E-state index in [1.165, 1.54) is 5.56 Å². The Hall–Kier alpha value is -1.94. The normalized spacial score (nSPS) is 10.3.